The van der Waals surface area contributed by atoms with Gasteiger partial charge in [-0.05, 0) is 18.8 Å². The molecule has 0 amide bonds. The van der Waals surface area contributed by atoms with E-state index in [0.29, 0.717) is 5.92 Å². The number of hydrogen-bond donors (Lipinski definition) is 0. The van der Waals surface area contributed by atoms with Gasteiger partial charge in [0, 0.05) is 5.41 Å². The smallest absolute Gasteiger partial charge is 0.744 e. The molecule has 1 aliphatic carbocycles. The van der Waals surface area contributed by atoms with E-state index < -0.39 is 10.1 Å². The van der Waals surface area contributed by atoms with Gasteiger partial charge in [-0.15, -0.1) is 0 Å². The van der Waals surface area contributed by atoms with E-state index in [0.717, 1.165) is 31.1 Å². The second-order valence-electron chi connectivity index (χ2n) is 3.22. The summed E-state index contributed by atoms with van der Waals surface area (Å²) in [6.07, 6.45) is 7.11. The topological polar surface area (TPSA) is 57.2 Å². The van der Waals surface area contributed by atoms with Gasteiger partial charge in [0.15, 0.2) is 0 Å². The van der Waals surface area contributed by atoms with Gasteiger partial charge in [0.25, 0.3) is 0 Å². The van der Waals surface area contributed by atoms with E-state index in [4.69, 9.17) is 0 Å². The van der Waals surface area contributed by atoms with Gasteiger partial charge in [-0.3, -0.25) is 0 Å². The Kier molecular flexibility index (Phi) is 7.38. The van der Waals surface area contributed by atoms with Gasteiger partial charge in [0.1, 0.15) is 10.1 Å². The molecule has 1 aliphatic rings. The van der Waals surface area contributed by atoms with Crippen molar-refractivity contribution < 1.29 is 64.4 Å². The normalized spacial score (nSPS) is 20.1. The van der Waals surface area contributed by atoms with Gasteiger partial charge in [-0.1, -0.05) is 25.3 Å². The third-order valence-electron chi connectivity index (χ3n) is 2.17. The summed E-state index contributed by atoms with van der Waals surface area (Å²) in [5.41, 5.74) is 0. The Morgan fingerprint density at radius 2 is 1.69 bits per heavy atom. The van der Waals surface area contributed by atoms with E-state index >= 15 is 0 Å². The molecule has 0 aromatic carbocycles. The fourth-order valence-corrected chi connectivity index (χ4v) is 1.95. The molecule has 5 heteroatoms. The largest absolute Gasteiger partial charge is 1.00 e. The first-order valence-electron chi connectivity index (χ1n) is 4.22. The van der Waals surface area contributed by atoms with Crippen molar-refractivity contribution in [3.8, 4) is 0 Å². The van der Waals surface area contributed by atoms with Gasteiger partial charge >= 0.3 is 51.4 Å². The summed E-state index contributed by atoms with van der Waals surface area (Å²) in [5.74, 6) is 0.308. The molecule has 0 saturated heterocycles. The summed E-state index contributed by atoms with van der Waals surface area (Å²) < 4.78 is 30.7. The summed E-state index contributed by atoms with van der Waals surface area (Å²) in [5, 5.41) is 0.795. The van der Waals surface area contributed by atoms with Crippen LogP contribution in [0.15, 0.2) is 11.5 Å². The fourth-order valence-electron chi connectivity index (χ4n) is 1.53. The Bertz CT molecular complexity index is 253. The first-order valence-corrected chi connectivity index (χ1v) is 5.69. The summed E-state index contributed by atoms with van der Waals surface area (Å²) in [6, 6.07) is 0. The number of allylic oxidation sites excluding steroid dienone is 1. The van der Waals surface area contributed by atoms with Crippen molar-refractivity contribution in [2.45, 2.75) is 32.1 Å². The van der Waals surface area contributed by atoms with E-state index in [1.54, 1.807) is 6.08 Å². The minimum absolute atomic E-state index is 0. The predicted octanol–water partition coefficient (Wildman–Crippen LogP) is -1.37. The Balaban J connectivity index is 0.00000144. The van der Waals surface area contributed by atoms with Crippen molar-refractivity contribution in [3.63, 3.8) is 0 Å². The standard InChI is InChI=1S/C8H14O3S.K/c9-12(10,11)7-6-8-4-2-1-3-5-8;/h6-8H,1-5H2,(H,9,10,11);/q;+1/p-1. The SMILES string of the molecule is O=S(=O)([O-])C=CC1CCCCC1.[K+]. The van der Waals surface area contributed by atoms with E-state index in [-0.39, 0.29) is 51.4 Å². The molecule has 1 fully saturated rings. The van der Waals surface area contributed by atoms with Crippen LogP contribution in [0.5, 0.6) is 0 Å². The van der Waals surface area contributed by atoms with Crippen LogP contribution >= 0.6 is 0 Å². The van der Waals surface area contributed by atoms with Gasteiger partial charge in [0.05, 0.1) is 0 Å². The zero-order valence-corrected chi connectivity index (χ0v) is 11.8. The summed E-state index contributed by atoms with van der Waals surface area (Å²) >= 11 is 0. The van der Waals surface area contributed by atoms with E-state index in [9.17, 15) is 13.0 Å². The molecule has 0 bridgehead atoms. The van der Waals surface area contributed by atoms with Crippen LogP contribution in [0.4, 0.5) is 0 Å². The zero-order chi connectivity index (χ0) is 9.03. The number of rotatable bonds is 2. The van der Waals surface area contributed by atoms with Crippen LogP contribution in [0.1, 0.15) is 32.1 Å². The van der Waals surface area contributed by atoms with Crippen LogP contribution in [0.3, 0.4) is 0 Å². The molecule has 3 nitrogen and oxygen atoms in total. The van der Waals surface area contributed by atoms with Crippen molar-refractivity contribution >= 4 is 10.1 Å². The van der Waals surface area contributed by atoms with Crippen molar-refractivity contribution in [2.24, 2.45) is 5.92 Å². The average Bonchev–Trinajstić information content (AvgIpc) is 2.02. The van der Waals surface area contributed by atoms with Gasteiger partial charge < -0.3 is 4.55 Å². The second-order valence-corrected chi connectivity index (χ2v) is 4.48. The molecule has 0 unspecified atom stereocenters. The van der Waals surface area contributed by atoms with E-state index in [1.807, 2.05) is 0 Å². The molecule has 1 saturated carbocycles. The van der Waals surface area contributed by atoms with Gasteiger partial charge in [0.2, 0.25) is 0 Å². The van der Waals surface area contributed by atoms with E-state index in [2.05, 4.69) is 0 Å². The van der Waals surface area contributed by atoms with Crippen molar-refractivity contribution in [1.82, 2.24) is 0 Å². The first kappa shape index (κ1) is 14.3. The zero-order valence-electron chi connectivity index (χ0n) is 7.90. The molecule has 1 rings (SSSR count). The Hall–Kier alpha value is 1.29. The summed E-state index contributed by atoms with van der Waals surface area (Å²) in [7, 11) is -4.15. The molecule has 0 atom stereocenters. The minimum Gasteiger partial charge on any atom is -0.744 e. The fraction of sp³-hybridized carbons (Fsp3) is 0.750. The van der Waals surface area contributed by atoms with Crippen LogP contribution in [0, 0.1) is 5.92 Å². The minimum atomic E-state index is -4.15. The third kappa shape index (κ3) is 7.24. The quantitative estimate of drug-likeness (QED) is 0.433. The molecule has 0 heterocycles. The molecule has 0 N–H and O–H groups in total. The van der Waals surface area contributed by atoms with Crippen molar-refractivity contribution in [3.05, 3.63) is 11.5 Å². The van der Waals surface area contributed by atoms with Crippen LogP contribution < -0.4 is 51.4 Å². The van der Waals surface area contributed by atoms with Gasteiger partial charge in [-0.25, -0.2) is 8.42 Å². The molecule has 0 spiro atoms. The molecular weight excluding hydrogens is 215 g/mol. The molecule has 0 aromatic rings. The molecule has 0 aromatic heterocycles. The van der Waals surface area contributed by atoms with Crippen LogP contribution in [-0.4, -0.2) is 13.0 Å². The van der Waals surface area contributed by atoms with Crippen LogP contribution in [0.2, 0.25) is 0 Å². The maximum absolute atomic E-state index is 10.2. The van der Waals surface area contributed by atoms with Crippen LogP contribution in [0.25, 0.3) is 0 Å². The molecule has 0 aliphatic heterocycles. The first-order chi connectivity index (χ1) is 5.58. The molecule has 70 valence electrons. The monoisotopic (exact) mass is 228 g/mol. The van der Waals surface area contributed by atoms with Crippen LogP contribution in [-0.2, 0) is 10.1 Å². The second kappa shape index (κ2) is 6.71. The Labute approximate surface area is 122 Å². The predicted molar refractivity (Wildman–Crippen MR) is 45.4 cm³/mol. The molecule has 0 radical (unpaired) electrons. The third-order valence-corrected chi connectivity index (χ3v) is 2.66. The summed E-state index contributed by atoms with van der Waals surface area (Å²) in [4.78, 5) is 0. The van der Waals surface area contributed by atoms with Crippen molar-refractivity contribution in [2.75, 3.05) is 0 Å². The van der Waals surface area contributed by atoms with Crippen molar-refractivity contribution in [1.29, 1.82) is 0 Å². The maximum atomic E-state index is 10.2. The Morgan fingerprint density at radius 3 is 2.15 bits per heavy atom. The number of hydrogen-bond acceptors (Lipinski definition) is 3. The molecular formula is C8H13KO3S. The Morgan fingerprint density at radius 1 is 1.15 bits per heavy atom. The summed E-state index contributed by atoms with van der Waals surface area (Å²) in [6.45, 7) is 0. The average molecular weight is 228 g/mol. The maximum Gasteiger partial charge on any atom is 1.00 e. The van der Waals surface area contributed by atoms with E-state index in [1.165, 1.54) is 6.42 Å². The van der Waals surface area contributed by atoms with Gasteiger partial charge in [-0.2, -0.15) is 0 Å². The molecule has 13 heavy (non-hydrogen) atoms.